The van der Waals surface area contributed by atoms with E-state index in [4.69, 9.17) is 4.74 Å². The molecule has 0 spiro atoms. The average Bonchev–Trinajstić information content (AvgIpc) is 2.96. The van der Waals surface area contributed by atoms with Crippen molar-refractivity contribution in [1.29, 1.82) is 0 Å². The number of rotatable bonds is 4. The third-order valence-electron chi connectivity index (χ3n) is 2.97. The monoisotopic (exact) mass is 300 g/mol. The fourth-order valence-corrected chi connectivity index (χ4v) is 2.65. The smallest absolute Gasteiger partial charge is 0.187 e. The number of ether oxygens (including phenoxy) is 1. The highest BCUT2D eigenvalue weighted by atomic mass is 32.1. The van der Waals surface area contributed by atoms with E-state index in [2.05, 4.69) is 10.3 Å². The number of nitrogens with zero attached hydrogens (tertiary/aromatic N) is 1. The minimum Gasteiger partial charge on any atom is -0.497 e. The summed E-state index contributed by atoms with van der Waals surface area (Å²) < 4.78 is 18.1. The lowest BCUT2D eigenvalue weighted by molar-refractivity contribution is 0.415. The first-order valence-corrected chi connectivity index (χ1v) is 7.25. The fraction of sp³-hybridized carbons (Fsp3) is 0.0625. The van der Waals surface area contributed by atoms with Gasteiger partial charge in [0.25, 0.3) is 0 Å². The predicted molar refractivity (Wildman–Crippen MR) is 83.8 cm³/mol. The lowest BCUT2D eigenvalue weighted by Crippen LogP contribution is -1.90. The Balaban J connectivity index is 1.80. The molecule has 1 N–H and O–H groups in total. The Morgan fingerprint density at radius 1 is 1.14 bits per heavy atom. The molecule has 0 aliphatic carbocycles. The topological polar surface area (TPSA) is 34.1 Å². The van der Waals surface area contributed by atoms with E-state index in [1.807, 2.05) is 29.6 Å². The Labute approximate surface area is 126 Å². The summed E-state index contributed by atoms with van der Waals surface area (Å²) in [6.45, 7) is 0. The van der Waals surface area contributed by atoms with E-state index in [0.717, 1.165) is 27.8 Å². The van der Waals surface area contributed by atoms with Crippen LogP contribution in [0.2, 0.25) is 0 Å². The van der Waals surface area contributed by atoms with Crippen LogP contribution in [0.25, 0.3) is 11.3 Å². The van der Waals surface area contributed by atoms with Gasteiger partial charge in [-0.25, -0.2) is 9.37 Å². The van der Waals surface area contributed by atoms with Crippen molar-refractivity contribution in [3.05, 3.63) is 59.7 Å². The van der Waals surface area contributed by atoms with Crippen LogP contribution in [-0.2, 0) is 0 Å². The molecule has 3 rings (SSSR count). The molecule has 0 amide bonds. The molecule has 0 aliphatic rings. The Morgan fingerprint density at radius 3 is 2.71 bits per heavy atom. The molecule has 106 valence electrons. The van der Waals surface area contributed by atoms with Gasteiger partial charge in [0.2, 0.25) is 0 Å². The zero-order chi connectivity index (χ0) is 14.7. The van der Waals surface area contributed by atoms with Crippen molar-refractivity contribution in [2.45, 2.75) is 0 Å². The molecule has 0 aliphatic heterocycles. The predicted octanol–water partition coefficient (Wildman–Crippen LogP) is 4.70. The van der Waals surface area contributed by atoms with Gasteiger partial charge in [-0.1, -0.05) is 6.07 Å². The molecule has 0 unspecified atom stereocenters. The third-order valence-corrected chi connectivity index (χ3v) is 3.72. The van der Waals surface area contributed by atoms with Gasteiger partial charge >= 0.3 is 0 Å². The van der Waals surface area contributed by atoms with Crippen molar-refractivity contribution in [2.75, 3.05) is 12.4 Å². The quantitative estimate of drug-likeness (QED) is 0.758. The second-order valence-electron chi connectivity index (χ2n) is 4.40. The number of thiazole rings is 1. The van der Waals surface area contributed by atoms with Crippen LogP contribution < -0.4 is 10.1 Å². The Kier molecular flexibility index (Phi) is 3.83. The lowest BCUT2D eigenvalue weighted by atomic mass is 10.2. The van der Waals surface area contributed by atoms with Crippen molar-refractivity contribution >= 4 is 22.2 Å². The maximum Gasteiger partial charge on any atom is 0.187 e. The van der Waals surface area contributed by atoms with Crippen LogP contribution in [-0.4, -0.2) is 12.1 Å². The van der Waals surface area contributed by atoms with Crippen LogP contribution in [0.1, 0.15) is 0 Å². The van der Waals surface area contributed by atoms with Crippen LogP contribution in [0.3, 0.4) is 0 Å². The zero-order valence-corrected chi connectivity index (χ0v) is 12.2. The third kappa shape index (κ3) is 3.20. The summed E-state index contributed by atoms with van der Waals surface area (Å²) >= 11 is 1.50. The summed E-state index contributed by atoms with van der Waals surface area (Å²) in [4.78, 5) is 4.51. The highest BCUT2D eigenvalue weighted by molar-refractivity contribution is 7.14. The van der Waals surface area contributed by atoms with Crippen molar-refractivity contribution in [3.63, 3.8) is 0 Å². The van der Waals surface area contributed by atoms with Gasteiger partial charge in [-0.05, 0) is 36.4 Å². The van der Waals surface area contributed by atoms with E-state index >= 15 is 0 Å². The fourth-order valence-electron chi connectivity index (χ4n) is 1.91. The standard InChI is InChI=1S/C16H13FN2OS/c1-20-14-4-2-3-13(9-14)18-16-19-15(10-21-16)11-5-7-12(17)8-6-11/h2-10H,1H3,(H,18,19). The Morgan fingerprint density at radius 2 is 1.95 bits per heavy atom. The van der Waals surface area contributed by atoms with Crippen LogP contribution in [0, 0.1) is 5.82 Å². The molecule has 0 atom stereocenters. The first-order chi connectivity index (χ1) is 10.2. The SMILES string of the molecule is COc1cccc(Nc2nc(-c3ccc(F)cc3)cs2)c1. The molecule has 21 heavy (non-hydrogen) atoms. The molecule has 5 heteroatoms. The van der Waals surface area contributed by atoms with Gasteiger partial charge in [-0.2, -0.15) is 0 Å². The Hall–Kier alpha value is -2.40. The summed E-state index contributed by atoms with van der Waals surface area (Å²) in [6.07, 6.45) is 0. The van der Waals surface area contributed by atoms with Gasteiger partial charge in [0.1, 0.15) is 11.6 Å². The van der Waals surface area contributed by atoms with E-state index in [0.29, 0.717) is 0 Å². The van der Waals surface area contributed by atoms with Gasteiger partial charge in [0, 0.05) is 22.7 Å². The molecule has 3 aromatic rings. The number of anilines is 2. The molecule has 2 aromatic carbocycles. The minimum absolute atomic E-state index is 0.247. The molecule has 0 saturated carbocycles. The maximum absolute atomic E-state index is 12.9. The van der Waals surface area contributed by atoms with E-state index in [-0.39, 0.29) is 5.82 Å². The minimum atomic E-state index is -0.247. The molecule has 3 nitrogen and oxygen atoms in total. The van der Waals surface area contributed by atoms with Crippen molar-refractivity contribution in [2.24, 2.45) is 0 Å². The summed E-state index contributed by atoms with van der Waals surface area (Å²) in [5.41, 5.74) is 2.63. The second-order valence-corrected chi connectivity index (χ2v) is 5.26. The number of hydrogen-bond acceptors (Lipinski definition) is 4. The zero-order valence-electron chi connectivity index (χ0n) is 11.3. The molecular formula is C16H13FN2OS. The van der Waals surface area contributed by atoms with E-state index in [1.54, 1.807) is 19.2 Å². The van der Waals surface area contributed by atoms with E-state index in [1.165, 1.54) is 23.5 Å². The summed E-state index contributed by atoms with van der Waals surface area (Å²) in [5.74, 6) is 0.541. The van der Waals surface area contributed by atoms with Crippen LogP contribution in [0.4, 0.5) is 15.2 Å². The van der Waals surface area contributed by atoms with Crippen LogP contribution in [0.5, 0.6) is 5.75 Å². The second kappa shape index (κ2) is 5.93. The number of methoxy groups -OCH3 is 1. The van der Waals surface area contributed by atoms with E-state index < -0.39 is 0 Å². The van der Waals surface area contributed by atoms with Crippen LogP contribution in [0.15, 0.2) is 53.9 Å². The number of hydrogen-bond donors (Lipinski definition) is 1. The number of nitrogens with one attached hydrogen (secondary N) is 1. The highest BCUT2D eigenvalue weighted by Crippen LogP contribution is 2.28. The van der Waals surface area contributed by atoms with Crippen molar-refractivity contribution in [3.8, 4) is 17.0 Å². The molecule has 0 bridgehead atoms. The number of benzene rings is 2. The lowest BCUT2D eigenvalue weighted by Gasteiger charge is -2.04. The Bertz CT molecular complexity index is 740. The first kappa shape index (κ1) is 13.6. The molecule has 1 aromatic heterocycles. The summed E-state index contributed by atoms with van der Waals surface area (Å²) in [7, 11) is 1.63. The van der Waals surface area contributed by atoms with Crippen molar-refractivity contribution in [1.82, 2.24) is 4.98 Å². The molecular weight excluding hydrogens is 287 g/mol. The molecule has 0 fully saturated rings. The maximum atomic E-state index is 12.9. The van der Waals surface area contributed by atoms with Gasteiger partial charge in [-0.15, -0.1) is 11.3 Å². The molecule has 0 radical (unpaired) electrons. The molecule has 0 saturated heterocycles. The van der Waals surface area contributed by atoms with Gasteiger partial charge in [-0.3, -0.25) is 0 Å². The van der Waals surface area contributed by atoms with E-state index in [9.17, 15) is 4.39 Å². The average molecular weight is 300 g/mol. The number of halogens is 1. The number of aromatic nitrogens is 1. The summed E-state index contributed by atoms with van der Waals surface area (Å²) in [6, 6.07) is 14.0. The van der Waals surface area contributed by atoms with Crippen molar-refractivity contribution < 1.29 is 9.13 Å². The highest BCUT2D eigenvalue weighted by Gasteiger charge is 2.05. The van der Waals surface area contributed by atoms with Gasteiger partial charge in [0.15, 0.2) is 5.13 Å². The molecule has 1 heterocycles. The van der Waals surface area contributed by atoms with Gasteiger partial charge in [0.05, 0.1) is 12.8 Å². The van der Waals surface area contributed by atoms with Gasteiger partial charge < -0.3 is 10.1 Å². The van der Waals surface area contributed by atoms with Crippen LogP contribution >= 0.6 is 11.3 Å². The largest absolute Gasteiger partial charge is 0.497 e. The summed E-state index contributed by atoms with van der Waals surface area (Å²) in [5, 5.41) is 5.95. The normalized spacial score (nSPS) is 10.4. The first-order valence-electron chi connectivity index (χ1n) is 6.37.